The first-order chi connectivity index (χ1) is 31.2. The van der Waals surface area contributed by atoms with Crippen molar-refractivity contribution in [3.8, 4) is 0 Å². The molecule has 3 aliphatic rings. The molecule has 18 heteroatoms. The summed E-state index contributed by atoms with van der Waals surface area (Å²) in [4.78, 5) is 18.5. The van der Waals surface area contributed by atoms with Crippen molar-refractivity contribution in [1.82, 2.24) is 24.8 Å². The topological polar surface area (TPSA) is 202 Å². The molecular formula is C49H81F2N5O11. The minimum absolute atomic E-state index is 0.178. The number of likely N-dealkylation sites (N-methyl/N-ethyl adjacent to an activating group) is 2. The summed E-state index contributed by atoms with van der Waals surface area (Å²) in [5.41, 5.74) is -3.14. The van der Waals surface area contributed by atoms with Crippen LogP contribution in [0.1, 0.15) is 106 Å². The molecule has 2 aromatic rings. The van der Waals surface area contributed by atoms with Crippen molar-refractivity contribution in [3.63, 3.8) is 0 Å². The van der Waals surface area contributed by atoms with Crippen LogP contribution in [0.15, 0.2) is 24.4 Å². The van der Waals surface area contributed by atoms with Gasteiger partial charge < -0.3 is 59.0 Å². The quantitative estimate of drug-likeness (QED) is 0.192. The molecule has 382 valence electrons. The highest BCUT2D eigenvalue weighted by Crippen LogP contribution is 2.45. The third kappa shape index (κ3) is 12.8. The van der Waals surface area contributed by atoms with Gasteiger partial charge in [0, 0.05) is 63.8 Å². The number of cyclic esters (lactones) is 1. The van der Waals surface area contributed by atoms with Crippen LogP contribution in [-0.2, 0) is 47.9 Å². The number of ether oxygens (including phenoxy) is 5. The number of hydrogen-bond acceptors (Lipinski definition) is 15. The number of halogens is 2. The van der Waals surface area contributed by atoms with Gasteiger partial charge in [0.2, 0.25) is 0 Å². The van der Waals surface area contributed by atoms with Crippen LogP contribution in [0, 0.1) is 35.3 Å². The summed E-state index contributed by atoms with van der Waals surface area (Å²) >= 11 is 0. The van der Waals surface area contributed by atoms with E-state index in [1.807, 2.05) is 50.9 Å². The molecule has 1 aromatic carbocycles. The zero-order valence-corrected chi connectivity index (χ0v) is 42.0. The van der Waals surface area contributed by atoms with E-state index in [9.17, 15) is 39.1 Å². The molecule has 0 radical (unpaired) electrons. The summed E-state index contributed by atoms with van der Waals surface area (Å²) in [5, 5.41) is 68.4. The van der Waals surface area contributed by atoms with Gasteiger partial charge >= 0.3 is 5.97 Å². The minimum Gasteiger partial charge on any atom is -0.459 e. The van der Waals surface area contributed by atoms with Crippen LogP contribution in [0.2, 0.25) is 0 Å². The first-order valence-electron chi connectivity index (χ1n) is 24.2. The third-order valence-corrected chi connectivity index (χ3v) is 15.4. The largest absolute Gasteiger partial charge is 0.459 e. The van der Waals surface area contributed by atoms with E-state index in [-0.39, 0.29) is 31.3 Å². The highest BCUT2D eigenvalue weighted by atomic mass is 19.2. The van der Waals surface area contributed by atoms with E-state index in [0.29, 0.717) is 50.2 Å². The Kier molecular flexibility index (Phi) is 18.6. The second-order valence-electron chi connectivity index (χ2n) is 21.0. The van der Waals surface area contributed by atoms with Crippen molar-refractivity contribution in [2.24, 2.45) is 23.7 Å². The molecule has 0 amide bonds. The summed E-state index contributed by atoms with van der Waals surface area (Å²) in [6.07, 6.45) is -4.80. The minimum atomic E-state index is -1.82. The molecule has 67 heavy (non-hydrogen) atoms. The molecular weight excluding hydrogens is 873 g/mol. The molecule has 4 heterocycles. The van der Waals surface area contributed by atoms with Crippen LogP contribution in [0.3, 0.4) is 0 Å². The molecule has 3 fully saturated rings. The predicted octanol–water partition coefficient (Wildman–Crippen LogP) is 3.90. The van der Waals surface area contributed by atoms with E-state index in [1.54, 1.807) is 52.3 Å². The Hall–Kier alpha value is -2.75. The van der Waals surface area contributed by atoms with Gasteiger partial charge in [-0.2, -0.15) is 0 Å². The van der Waals surface area contributed by atoms with Crippen LogP contribution in [0.4, 0.5) is 8.78 Å². The summed E-state index contributed by atoms with van der Waals surface area (Å²) in [5.74, 6) is -5.00. The third-order valence-electron chi connectivity index (χ3n) is 15.4. The molecule has 0 bridgehead atoms. The van der Waals surface area contributed by atoms with Gasteiger partial charge in [-0.15, -0.1) is 5.10 Å². The lowest BCUT2D eigenvalue weighted by atomic mass is 9.68. The Bertz CT molecular complexity index is 1910. The molecule has 0 saturated carbocycles. The molecule has 16 nitrogen and oxygen atoms in total. The van der Waals surface area contributed by atoms with E-state index in [4.69, 9.17) is 23.7 Å². The van der Waals surface area contributed by atoms with Gasteiger partial charge in [0.1, 0.15) is 30.0 Å². The van der Waals surface area contributed by atoms with E-state index in [2.05, 4.69) is 10.3 Å². The Balaban J connectivity index is 1.45. The lowest BCUT2D eigenvalue weighted by molar-refractivity contribution is -0.302. The summed E-state index contributed by atoms with van der Waals surface area (Å²) in [6.45, 7) is 19.1. The Labute approximate surface area is 396 Å². The molecule has 3 aliphatic heterocycles. The fourth-order valence-corrected chi connectivity index (χ4v) is 11.2. The van der Waals surface area contributed by atoms with Gasteiger partial charge in [-0.25, -0.2) is 8.78 Å². The Morgan fingerprint density at radius 2 is 1.66 bits per heavy atom. The summed E-state index contributed by atoms with van der Waals surface area (Å²) < 4.78 is 60.9. The second kappa shape index (κ2) is 22.6. The predicted molar refractivity (Wildman–Crippen MR) is 246 cm³/mol. The standard InChI is InChI=1S/C49H81F2N5O11/c1-14-39-49(10,62)42(58)31(6)55(12)25-27(2)23-47(8,61)44(29(4)40(30(5)45(60)66-39)38-24-48(9,63-13)43(59)32(7)65-38)67-46-41(57)37(21-28(3)64-46)54(11)19-18-34-26-56(53-52-34)20-17-33-15-16-35(50)36(51)22-33/h15-16,22,26-32,37-44,46,57-59,61-62H,14,17-21,23-25H2,1-13H3/t27-,28-,29+,30-,31-,32+,37+,38-,39-,40?,41-,42-,43+,44-,46+,47-,48-,49-/m1/s1. The molecule has 18 atom stereocenters. The van der Waals surface area contributed by atoms with Gasteiger partial charge in [-0.05, 0) is 111 Å². The van der Waals surface area contributed by atoms with Crippen molar-refractivity contribution < 1.29 is 62.8 Å². The summed E-state index contributed by atoms with van der Waals surface area (Å²) in [6, 6.07) is 2.82. The number of methoxy groups -OCH3 is 1. The number of carbonyl (C=O) groups excluding carboxylic acids is 1. The van der Waals surface area contributed by atoms with E-state index < -0.39 is 113 Å². The highest BCUT2D eigenvalue weighted by Gasteiger charge is 2.55. The average molecular weight is 954 g/mol. The number of rotatable bonds is 12. The van der Waals surface area contributed by atoms with Crippen molar-refractivity contribution in [2.75, 3.05) is 34.3 Å². The van der Waals surface area contributed by atoms with Crippen molar-refractivity contribution in [3.05, 3.63) is 47.3 Å². The molecule has 3 saturated heterocycles. The van der Waals surface area contributed by atoms with Gasteiger partial charge in [0.15, 0.2) is 17.9 Å². The number of benzene rings is 1. The van der Waals surface area contributed by atoms with Gasteiger partial charge in [-0.1, -0.05) is 39.0 Å². The number of nitrogens with zero attached hydrogens (tertiary/aromatic N) is 5. The number of aliphatic hydroxyl groups is 5. The Morgan fingerprint density at radius 1 is 0.970 bits per heavy atom. The number of aromatic nitrogens is 3. The Morgan fingerprint density at radius 3 is 2.30 bits per heavy atom. The first-order valence-corrected chi connectivity index (χ1v) is 24.2. The van der Waals surface area contributed by atoms with Gasteiger partial charge in [0.05, 0.1) is 47.2 Å². The maximum Gasteiger partial charge on any atom is 0.309 e. The highest BCUT2D eigenvalue weighted by molar-refractivity contribution is 5.73. The van der Waals surface area contributed by atoms with Crippen LogP contribution in [0.25, 0.3) is 0 Å². The van der Waals surface area contributed by atoms with Gasteiger partial charge in [-0.3, -0.25) is 9.48 Å². The zero-order valence-electron chi connectivity index (χ0n) is 42.0. The smallest absolute Gasteiger partial charge is 0.309 e. The number of carbonyl (C=O) groups is 1. The molecule has 0 spiro atoms. The maximum atomic E-state index is 14.6. The number of hydrogen-bond donors (Lipinski definition) is 5. The van der Waals surface area contributed by atoms with Crippen LogP contribution < -0.4 is 0 Å². The van der Waals surface area contributed by atoms with Gasteiger partial charge in [0.25, 0.3) is 0 Å². The molecule has 1 unspecified atom stereocenters. The van der Waals surface area contributed by atoms with E-state index in [0.717, 1.165) is 6.07 Å². The summed E-state index contributed by atoms with van der Waals surface area (Å²) in [7, 11) is 5.26. The number of aliphatic hydroxyl groups excluding tert-OH is 3. The lowest BCUT2D eigenvalue weighted by Gasteiger charge is -2.51. The molecule has 1 aromatic heterocycles. The molecule has 5 N–H and O–H groups in total. The van der Waals surface area contributed by atoms with Crippen molar-refractivity contribution >= 4 is 5.97 Å². The van der Waals surface area contributed by atoms with Crippen LogP contribution in [-0.4, -0.2) is 175 Å². The number of aryl methyl sites for hydroxylation is 2. The zero-order chi connectivity index (χ0) is 49.9. The number of esters is 1. The van der Waals surface area contributed by atoms with Crippen LogP contribution >= 0.6 is 0 Å². The van der Waals surface area contributed by atoms with E-state index in [1.165, 1.54) is 20.1 Å². The lowest BCUT2D eigenvalue weighted by Crippen LogP contribution is -2.62. The van der Waals surface area contributed by atoms with E-state index >= 15 is 0 Å². The fraction of sp³-hybridized carbons (Fsp3) is 0.816. The molecule has 5 rings (SSSR count). The first kappa shape index (κ1) is 55.2. The van der Waals surface area contributed by atoms with Crippen molar-refractivity contribution in [2.45, 2.75) is 198 Å². The van der Waals surface area contributed by atoms with Crippen LogP contribution in [0.5, 0.6) is 0 Å². The molecule has 0 aliphatic carbocycles. The maximum absolute atomic E-state index is 14.6. The monoisotopic (exact) mass is 954 g/mol. The van der Waals surface area contributed by atoms with Crippen molar-refractivity contribution in [1.29, 1.82) is 0 Å². The average Bonchev–Trinajstić information content (AvgIpc) is 3.73. The SMILES string of the molecule is CC[C@H]1OC(=O)[C@H](C)C([C@H]2C[C@@](C)(OC)[C@@H](O)[C@H](C)O2)[C@H](C)[C@@H](O[C@@H]2O[C@H](C)C[C@H](N(C)CCc3cn(CCc4ccc(F)c(F)c4)nn3)[C@H]2O)[C@](C)(O)C[C@@H](C)CN(C)[C@H](C)[C@@H](O)[C@]1(C)O. The second-order valence-corrected chi connectivity index (χ2v) is 21.0. The fourth-order valence-electron chi connectivity index (χ4n) is 11.2. The normalized spacial score (nSPS) is 41.1.